The molecular formula is C15H21Br. The summed E-state index contributed by atoms with van der Waals surface area (Å²) in [6.07, 6.45) is 4.06. The van der Waals surface area contributed by atoms with Crippen LogP contribution in [0.25, 0.3) is 0 Å². The molecule has 1 saturated carbocycles. The third kappa shape index (κ3) is 2.68. The second kappa shape index (κ2) is 4.52. The van der Waals surface area contributed by atoms with Crippen LogP contribution in [0.3, 0.4) is 0 Å². The Hall–Kier alpha value is -0.300. The lowest BCUT2D eigenvalue weighted by molar-refractivity contribution is 0.319. The van der Waals surface area contributed by atoms with Crippen LogP contribution >= 0.6 is 15.9 Å². The van der Waals surface area contributed by atoms with E-state index in [-0.39, 0.29) is 0 Å². The van der Waals surface area contributed by atoms with E-state index in [9.17, 15) is 0 Å². The lowest BCUT2D eigenvalue weighted by Gasteiger charge is -2.27. The van der Waals surface area contributed by atoms with Gasteiger partial charge in [-0.25, -0.2) is 0 Å². The average Bonchev–Trinajstić information content (AvgIpc) is 2.98. The first-order valence-electron chi connectivity index (χ1n) is 6.17. The van der Waals surface area contributed by atoms with Gasteiger partial charge in [0.05, 0.1) is 0 Å². The molecule has 1 aromatic carbocycles. The van der Waals surface area contributed by atoms with Crippen molar-refractivity contribution < 1.29 is 0 Å². The summed E-state index contributed by atoms with van der Waals surface area (Å²) >= 11 is 3.71. The number of hydrogen-bond acceptors (Lipinski definition) is 0. The van der Waals surface area contributed by atoms with Gasteiger partial charge in [-0.05, 0) is 50.0 Å². The van der Waals surface area contributed by atoms with Gasteiger partial charge in [-0.3, -0.25) is 0 Å². The summed E-state index contributed by atoms with van der Waals surface area (Å²) in [5.74, 6) is 0.938. The fourth-order valence-corrected chi connectivity index (χ4v) is 3.37. The first kappa shape index (κ1) is 12.2. The van der Waals surface area contributed by atoms with Crippen molar-refractivity contribution in [3.05, 3.63) is 34.9 Å². The van der Waals surface area contributed by atoms with Gasteiger partial charge in [0, 0.05) is 5.33 Å². The SMILES string of the molecule is Cc1cc(C)cc(CC(C)(CBr)C2CC2)c1. The van der Waals surface area contributed by atoms with E-state index in [1.54, 1.807) is 0 Å². The molecule has 0 spiro atoms. The lowest BCUT2D eigenvalue weighted by atomic mass is 9.80. The smallest absolute Gasteiger partial charge is 0.00911 e. The quantitative estimate of drug-likeness (QED) is 0.704. The number of hydrogen-bond donors (Lipinski definition) is 0. The van der Waals surface area contributed by atoms with Crippen LogP contribution in [0.5, 0.6) is 0 Å². The van der Waals surface area contributed by atoms with E-state index in [0.717, 1.165) is 11.2 Å². The highest BCUT2D eigenvalue weighted by Crippen LogP contribution is 2.48. The minimum atomic E-state index is 0.459. The zero-order valence-corrected chi connectivity index (χ0v) is 12.1. The van der Waals surface area contributed by atoms with Gasteiger partial charge < -0.3 is 0 Å². The Kier molecular flexibility index (Phi) is 3.44. The lowest BCUT2D eigenvalue weighted by Crippen LogP contribution is -2.24. The van der Waals surface area contributed by atoms with Crippen molar-refractivity contribution in [1.82, 2.24) is 0 Å². The summed E-state index contributed by atoms with van der Waals surface area (Å²) in [7, 11) is 0. The van der Waals surface area contributed by atoms with Gasteiger partial charge in [0.25, 0.3) is 0 Å². The van der Waals surface area contributed by atoms with Crippen LogP contribution < -0.4 is 0 Å². The highest BCUT2D eigenvalue weighted by molar-refractivity contribution is 9.09. The Morgan fingerprint density at radius 1 is 1.19 bits per heavy atom. The van der Waals surface area contributed by atoms with E-state index in [1.165, 1.54) is 36.0 Å². The maximum absolute atomic E-state index is 3.71. The standard InChI is InChI=1S/C15H21Br/c1-11-6-12(2)8-13(7-11)9-15(3,10-16)14-4-5-14/h6-8,14H,4-5,9-10H2,1-3H3. The molecule has 16 heavy (non-hydrogen) atoms. The molecule has 0 radical (unpaired) electrons. The summed E-state index contributed by atoms with van der Waals surface area (Å²) in [5, 5.41) is 1.12. The van der Waals surface area contributed by atoms with Crippen molar-refractivity contribution in [3.8, 4) is 0 Å². The Morgan fingerprint density at radius 3 is 2.19 bits per heavy atom. The minimum absolute atomic E-state index is 0.459. The highest BCUT2D eigenvalue weighted by Gasteiger charge is 2.40. The van der Waals surface area contributed by atoms with Crippen LogP contribution in [0.4, 0.5) is 0 Å². The molecule has 1 aliphatic carbocycles. The van der Waals surface area contributed by atoms with Crippen LogP contribution in [0.2, 0.25) is 0 Å². The molecule has 0 bridgehead atoms. The molecule has 0 amide bonds. The normalized spacial score (nSPS) is 19.5. The molecule has 0 heterocycles. The van der Waals surface area contributed by atoms with E-state index in [1.807, 2.05) is 0 Å². The van der Waals surface area contributed by atoms with Crippen LogP contribution in [0, 0.1) is 25.2 Å². The Morgan fingerprint density at radius 2 is 1.75 bits per heavy atom. The third-order valence-corrected chi connectivity index (χ3v) is 5.04. The Labute approximate surface area is 108 Å². The van der Waals surface area contributed by atoms with Crippen molar-refractivity contribution >= 4 is 15.9 Å². The molecule has 0 N–H and O–H groups in total. The molecule has 0 saturated heterocycles. The Bertz CT molecular complexity index is 359. The molecule has 2 rings (SSSR count). The maximum atomic E-state index is 3.71. The summed E-state index contributed by atoms with van der Waals surface area (Å²) in [6, 6.07) is 6.94. The molecule has 0 nitrogen and oxygen atoms in total. The van der Waals surface area contributed by atoms with Crippen LogP contribution in [0.1, 0.15) is 36.5 Å². The van der Waals surface area contributed by atoms with Gasteiger partial charge in [-0.15, -0.1) is 0 Å². The van der Waals surface area contributed by atoms with Crippen molar-refractivity contribution in [3.63, 3.8) is 0 Å². The average molecular weight is 281 g/mol. The van der Waals surface area contributed by atoms with Gasteiger partial charge in [-0.2, -0.15) is 0 Å². The Balaban J connectivity index is 2.18. The van der Waals surface area contributed by atoms with Crippen molar-refractivity contribution in [2.75, 3.05) is 5.33 Å². The molecule has 1 heteroatoms. The largest absolute Gasteiger partial charge is 0.0922 e. The summed E-state index contributed by atoms with van der Waals surface area (Å²) in [6.45, 7) is 6.81. The molecule has 1 atom stereocenters. The van der Waals surface area contributed by atoms with Gasteiger partial charge in [0.2, 0.25) is 0 Å². The number of benzene rings is 1. The van der Waals surface area contributed by atoms with Gasteiger partial charge in [0.1, 0.15) is 0 Å². The fraction of sp³-hybridized carbons (Fsp3) is 0.600. The molecule has 1 unspecified atom stereocenters. The van der Waals surface area contributed by atoms with E-state index >= 15 is 0 Å². The number of halogens is 1. The van der Waals surface area contributed by atoms with Crippen molar-refractivity contribution in [2.45, 2.75) is 40.0 Å². The zero-order chi connectivity index (χ0) is 11.8. The topological polar surface area (TPSA) is 0 Å². The third-order valence-electron chi connectivity index (χ3n) is 3.76. The second-order valence-corrected chi connectivity index (χ2v) is 6.30. The number of rotatable bonds is 4. The number of alkyl halides is 1. The van der Waals surface area contributed by atoms with Crippen molar-refractivity contribution in [2.24, 2.45) is 11.3 Å². The predicted molar refractivity (Wildman–Crippen MR) is 74.2 cm³/mol. The monoisotopic (exact) mass is 280 g/mol. The van der Waals surface area contributed by atoms with E-state index in [2.05, 4.69) is 54.9 Å². The van der Waals surface area contributed by atoms with Crippen LogP contribution in [-0.2, 0) is 6.42 Å². The summed E-state index contributed by atoms with van der Waals surface area (Å²) in [4.78, 5) is 0. The van der Waals surface area contributed by atoms with Gasteiger partial charge in [0.15, 0.2) is 0 Å². The van der Waals surface area contributed by atoms with Crippen LogP contribution in [0.15, 0.2) is 18.2 Å². The van der Waals surface area contributed by atoms with E-state index < -0.39 is 0 Å². The molecule has 1 aliphatic rings. The van der Waals surface area contributed by atoms with Crippen LogP contribution in [-0.4, -0.2) is 5.33 Å². The molecule has 1 aromatic rings. The van der Waals surface area contributed by atoms with Gasteiger partial charge >= 0.3 is 0 Å². The first-order chi connectivity index (χ1) is 7.53. The van der Waals surface area contributed by atoms with E-state index in [4.69, 9.17) is 0 Å². The maximum Gasteiger partial charge on any atom is 0.00911 e. The predicted octanol–water partition coefficient (Wildman–Crippen LogP) is 4.66. The molecule has 0 aliphatic heterocycles. The second-order valence-electron chi connectivity index (χ2n) is 5.73. The number of aryl methyl sites for hydroxylation is 2. The minimum Gasteiger partial charge on any atom is -0.0922 e. The summed E-state index contributed by atoms with van der Waals surface area (Å²) in [5.41, 5.74) is 4.75. The molecule has 88 valence electrons. The molecule has 1 fully saturated rings. The highest BCUT2D eigenvalue weighted by atomic mass is 79.9. The van der Waals surface area contributed by atoms with Gasteiger partial charge in [-0.1, -0.05) is 52.2 Å². The molecular weight excluding hydrogens is 260 g/mol. The summed E-state index contributed by atoms with van der Waals surface area (Å²) < 4.78 is 0. The zero-order valence-electron chi connectivity index (χ0n) is 10.5. The fourth-order valence-electron chi connectivity index (χ4n) is 2.72. The van der Waals surface area contributed by atoms with Crippen molar-refractivity contribution in [1.29, 1.82) is 0 Å². The first-order valence-corrected chi connectivity index (χ1v) is 7.29. The molecule has 0 aromatic heterocycles. The van der Waals surface area contributed by atoms with E-state index in [0.29, 0.717) is 5.41 Å².